The van der Waals surface area contributed by atoms with Crippen molar-refractivity contribution < 1.29 is 8.42 Å². The second-order valence-electron chi connectivity index (χ2n) is 4.37. The first-order chi connectivity index (χ1) is 8.34. The highest BCUT2D eigenvalue weighted by atomic mass is 32.2. The Bertz CT molecular complexity index is 573. The van der Waals surface area contributed by atoms with E-state index in [4.69, 9.17) is 5.26 Å². The van der Waals surface area contributed by atoms with Crippen LogP contribution in [0.4, 0.5) is 0 Å². The third kappa shape index (κ3) is 2.71. The SMILES string of the molecule is CCC(C)N(C)S(=O)(=O)c1ccc(C#N)c(C)c1. The van der Waals surface area contributed by atoms with Gasteiger partial charge in [-0.1, -0.05) is 6.92 Å². The first-order valence-corrected chi connectivity index (χ1v) is 7.27. The summed E-state index contributed by atoms with van der Waals surface area (Å²) in [5, 5.41) is 8.84. The summed E-state index contributed by atoms with van der Waals surface area (Å²) in [6.07, 6.45) is 0.755. The van der Waals surface area contributed by atoms with Crippen molar-refractivity contribution in [1.82, 2.24) is 4.31 Å². The predicted molar refractivity (Wildman–Crippen MR) is 70.6 cm³/mol. The molecule has 0 bridgehead atoms. The minimum absolute atomic E-state index is 0.0500. The molecular weight excluding hydrogens is 248 g/mol. The molecule has 1 aromatic carbocycles. The quantitative estimate of drug-likeness (QED) is 0.840. The molecule has 0 heterocycles. The predicted octanol–water partition coefficient (Wildman–Crippen LogP) is 2.29. The first-order valence-electron chi connectivity index (χ1n) is 5.83. The van der Waals surface area contributed by atoms with Crippen molar-refractivity contribution in [3.8, 4) is 6.07 Å². The number of sulfonamides is 1. The molecule has 0 aliphatic rings. The molecule has 0 aromatic heterocycles. The Labute approximate surface area is 109 Å². The van der Waals surface area contributed by atoms with Crippen molar-refractivity contribution in [3.63, 3.8) is 0 Å². The lowest BCUT2D eigenvalue weighted by Crippen LogP contribution is -2.34. The van der Waals surface area contributed by atoms with E-state index in [0.717, 1.165) is 6.42 Å². The molecule has 0 saturated carbocycles. The van der Waals surface area contributed by atoms with E-state index in [2.05, 4.69) is 0 Å². The molecule has 5 heteroatoms. The van der Waals surface area contributed by atoms with Crippen LogP contribution in [-0.2, 0) is 10.0 Å². The Balaban J connectivity index is 3.22. The van der Waals surface area contributed by atoms with Crippen molar-refractivity contribution in [2.75, 3.05) is 7.05 Å². The van der Waals surface area contributed by atoms with Crippen LogP contribution in [0.1, 0.15) is 31.4 Å². The highest BCUT2D eigenvalue weighted by Crippen LogP contribution is 2.20. The van der Waals surface area contributed by atoms with Crippen molar-refractivity contribution in [1.29, 1.82) is 5.26 Å². The molecule has 0 N–H and O–H groups in total. The van der Waals surface area contributed by atoms with Gasteiger partial charge in [0, 0.05) is 13.1 Å². The largest absolute Gasteiger partial charge is 0.243 e. The fraction of sp³-hybridized carbons (Fsp3) is 0.462. The van der Waals surface area contributed by atoms with Gasteiger partial charge >= 0.3 is 0 Å². The smallest absolute Gasteiger partial charge is 0.207 e. The Morgan fingerprint density at radius 1 is 1.44 bits per heavy atom. The lowest BCUT2D eigenvalue weighted by atomic mass is 10.1. The average Bonchev–Trinajstić information content (AvgIpc) is 2.36. The van der Waals surface area contributed by atoms with Gasteiger partial charge in [0.1, 0.15) is 0 Å². The zero-order chi connectivity index (χ0) is 13.9. The maximum absolute atomic E-state index is 12.3. The zero-order valence-corrected chi connectivity index (χ0v) is 12.0. The standard InChI is InChI=1S/C13H18N2O2S/c1-5-11(3)15(4)18(16,17)13-7-6-12(9-14)10(2)8-13/h6-8,11H,5H2,1-4H3. The van der Waals surface area contributed by atoms with E-state index in [1.54, 1.807) is 26.1 Å². The average molecular weight is 266 g/mol. The molecular formula is C13H18N2O2S. The van der Waals surface area contributed by atoms with Crippen LogP contribution in [0.15, 0.2) is 23.1 Å². The Morgan fingerprint density at radius 2 is 2.06 bits per heavy atom. The van der Waals surface area contributed by atoms with E-state index in [1.807, 2.05) is 19.9 Å². The van der Waals surface area contributed by atoms with Gasteiger partial charge in [-0.15, -0.1) is 0 Å². The number of aryl methyl sites for hydroxylation is 1. The minimum atomic E-state index is -3.47. The fourth-order valence-corrected chi connectivity index (χ4v) is 3.10. The lowest BCUT2D eigenvalue weighted by molar-refractivity contribution is 0.380. The third-order valence-electron chi connectivity index (χ3n) is 3.21. The summed E-state index contributed by atoms with van der Waals surface area (Å²) in [6.45, 7) is 5.55. The van der Waals surface area contributed by atoms with Crippen LogP contribution in [0.5, 0.6) is 0 Å². The highest BCUT2D eigenvalue weighted by Gasteiger charge is 2.24. The van der Waals surface area contributed by atoms with Gasteiger partial charge in [0.2, 0.25) is 10.0 Å². The lowest BCUT2D eigenvalue weighted by Gasteiger charge is -2.23. The number of rotatable bonds is 4. The maximum atomic E-state index is 12.3. The summed E-state index contributed by atoms with van der Waals surface area (Å²) in [6, 6.07) is 6.56. The van der Waals surface area contributed by atoms with Gasteiger partial charge in [-0.3, -0.25) is 0 Å². The van der Waals surface area contributed by atoms with Crippen LogP contribution in [0, 0.1) is 18.3 Å². The van der Waals surface area contributed by atoms with E-state index in [1.165, 1.54) is 10.4 Å². The Kier molecular flexibility index (Phi) is 4.49. The molecule has 0 aliphatic carbocycles. The van der Waals surface area contributed by atoms with Gasteiger partial charge in [-0.2, -0.15) is 9.57 Å². The summed E-state index contributed by atoms with van der Waals surface area (Å²) in [5.41, 5.74) is 1.18. The molecule has 1 unspecified atom stereocenters. The monoisotopic (exact) mass is 266 g/mol. The van der Waals surface area contributed by atoms with Crippen molar-refractivity contribution >= 4 is 10.0 Å². The molecule has 0 amide bonds. The molecule has 0 radical (unpaired) electrons. The molecule has 1 aromatic rings. The summed E-state index contributed by atoms with van der Waals surface area (Å²) in [7, 11) is -1.89. The summed E-state index contributed by atoms with van der Waals surface area (Å²) >= 11 is 0. The molecule has 1 rings (SSSR count). The van der Waals surface area contributed by atoms with E-state index in [-0.39, 0.29) is 10.9 Å². The van der Waals surface area contributed by atoms with Gasteiger partial charge in [0.15, 0.2) is 0 Å². The van der Waals surface area contributed by atoms with E-state index >= 15 is 0 Å². The molecule has 1 atom stereocenters. The minimum Gasteiger partial charge on any atom is -0.207 e. The maximum Gasteiger partial charge on any atom is 0.243 e. The molecule has 0 aliphatic heterocycles. The topological polar surface area (TPSA) is 61.2 Å². The molecule has 0 saturated heterocycles. The number of hydrogen-bond acceptors (Lipinski definition) is 3. The van der Waals surface area contributed by atoms with E-state index in [0.29, 0.717) is 11.1 Å². The second kappa shape index (κ2) is 5.51. The molecule has 0 fully saturated rings. The van der Waals surface area contributed by atoms with Gasteiger partial charge in [0.05, 0.1) is 16.5 Å². The Hall–Kier alpha value is -1.38. The second-order valence-corrected chi connectivity index (χ2v) is 6.36. The highest BCUT2D eigenvalue weighted by molar-refractivity contribution is 7.89. The summed E-state index contributed by atoms with van der Waals surface area (Å²) < 4.78 is 26.0. The van der Waals surface area contributed by atoms with Crippen LogP contribution in [0.25, 0.3) is 0 Å². The van der Waals surface area contributed by atoms with Crippen LogP contribution < -0.4 is 0 Å². The number of hydrogen-bond donors (Lipinski definition) is 0. The molecule has 0 spiro atoms. The fourth-order valence-electron chi connectivity index (χ4n) is 1.58. The Morgan fingerprint density at radius 3 is 2.50 bits per heavy atom. The van der Waals surface area contributed by atoms with Crippen molar-refractivity contribution in [2.45, 2.75) is 38.1 Å². The number of nitrogens with zero attached hydrogens (tertiary/aromatic N) is 2. The normalized spacial score (nSPS) is 13.3. The summed E-state index contributed by atoms with van der Waals surface area (Å²) in [5.74, 6) is 0. The van der Waals surface area contributed by atoms with E-state index < -0.39 is 10.0 Å². The third-order valence-corrected chi connectivity index (χ3v) is 5.17. The molecule has 98 valence electrons. The first kappa shape index (κ1) is 14.7. The van der Waals surface area contributed by atoms with Crippen LogP contribution in [0.3, 0.4) is 0 Å². The van der Waals surface area contributed by atoms with Gasteiger partial charge < -0.3 is 0 Å². The van der Waals surface area contributed by atoms with Crippen LogP contribution >= 0.6 is 0 Å². The van der Waals surface area contributed by atoms with E-state index in [9.17, 15) is 8.42 Å². The van der Waals surface area contributed by atoms with Gasteiger partial charge in [-0.05, 0) is 44.0 Å². The summed E-state index contributed by atoms with van der Waals surface area (Å²) in [4.78, 5) is 0.238. The zero-order valence-electron chi connectivity index (χ0n) is 11.1. The van der Waals surface area contributed by atoms with Crippen molar-refractivity contribution in [2.24, 2.45) is 0 Å². The van der Waals surface area contributed by atoms with Crippen LogP contribution in [-0.4, -0.2) is 25.8 Å². The number of nitriles is 1. The van der Waals surface area contributed by atoms with Crippen molar-refractivity contribution in [3.05, 3.63) is 29.3 Å². The van der Waals surface area contributed by atoms with Gasteiger partial charge in [-0.25, -0.2) is 8.42 Å². The number of benzene rings is 1. The van der Waals surface area contributed by atoms with Crippen LogP contribution in [0.2, 0.25) is 0 Å². The van der Waals surface area contributed by atoms with Gasteiger partial charge in [0.25, 0.3) is 0 Å². The molecule has 4 nitrogen and oxygen atoms in total. The molecule has 18 heavy (non-hydrogen) atoms.